The van der Waals surface area contributed by atoms with E-state index in [0.29, 0.717) is 16.7 Å². The van der Waals surface area contributed by atoms with Gasteiger partial charge >= 0.3 is 5.63 Å². The summed E-state index contributed by atoms with van der Waals surface area (Å²) < 4.78 is 11.2. The Bertz CT molecular complexity index is 1290. The molecule has 0 saturated carbocycles. The molecule has 6 heteroatoms. The number of fused-ring (bicyclic) bond motifs is 2. The molecule has 0 bridgehead atoms. The lowest BCUT2D eigenvalue weighted by Crippen LogP contribution is -2.21. The molecule has 0 aliphatic heterocycles. The second-order valence-corrected chi connectivity index (χ2v) is 6.54. The minimum absolute atomic E-state index is 0.160. The second kappa shape index (κ2) is 7.64. The van der Waals surface area contributed by atoms with E-state index >= 15 is 0 Å². The van der Waals surface area contributed by atoms with Crippen LogP contribution >= 0.6 is 0 Å². The third-order valence-corrected chi connectivity index (χ3v) is 4.82. The molecule has 29 heavy (non-hydrogen) atoms. The molecule has 0 atom stereocenters. The average Bonchev–Trinajstić information content (AvgIpc) is 3.17. The minimum atomic E-state index is -0.516. The molecule has 2 aromatic carbocycles. The predicted molar refractivity (Wildman–Crippen MR) is 114 cm³/mol. The van der Waals surface area contributed by atoms with Crippen LogP contribution in [-0.2, 0) is 0 Å². The Morgan fingerprint density at radius 2 is 1.90 bits per heavy atom. The molecule has 0 aliphatic rings. The first kappa shape index (κ1) is 18.5. The number of aromatic nitrogens is 1. The van der Waals surface area contributed by atoms with Gasteiger partial charge in [-0.25, -0.2) is 9.78 Å². The van der Waals surface area contributed by atoms with Gasteiger partial charge in [-0.15, -0.1) is 0 Å². The van der Waals surface area contributed by atoms with Crippen LogP contribution in [-0.4, -0.2) is 18.1 Å². The summed E-state index contributed by atoms with van der Waals surface area (Å²) in [6.45, 7) is 5.88. The van der Waals surface area contributed by atoms with Crippen molar-refractivity contribution in [2.45, 2.75) is 13.8 Å². The predicted octanol–water partition coefficient (Wildman–Crippen LogP) is 4.84. The summed E-state index contributed by atoms with van der Waals surface area (Å²) in [7, 11) is 0. The standard InChI is InChI=1S/C23H19N3O3/c1-3-26(4-2)18-10-9-15-11-16(23(27)29-21(15)13-18)12-17(14-24)22-25-19-7-5-6-8-20(19)28-22/h5-13H,3-4H2,1-2H3/b17-12+. The first-order valence-electron chi connectivity index (χ1n) is 9.43. The zero-order valence-corrected chi connectivity index (χ0v) is 16.2. The summed E-state index contributed by atoms with van der Waals surface area (Å²) >= 11 is 0. The van der Waals surface area contributed by atoms with Gasteiger partial charge in [0.1, 0.15) is 22.7 Å². The van der Waals surface area contributed by atoms with Gasteiger partial charge in [0, 0.05) is 30.2 Å². The number of benzene rings is 2. The normalized spacial score (nSPS) is 11.7. The van der Waals surface area contributed by atoms with E-state index in [9.17, 15) is 10.1 Å². The number of para-hydroxylation sites is 2. The lowest BCUT2D eigenvalue weighted by Gasteiger charge is -2.20. The van der Waals surface area contributed by atoms with E-state index in [-0.39, 0.29) is 17.0 Å². The van der Waals surface area contributed by atoms with Crippen molar-refractivity contribution >= 4 is 39.4 Å². The Morgan fingerprint density at radius 3 is 2.62 bits per heavy atom. The third kappa shape index (κ3) is 3.50. The fourth-order valence-electron chi connectivity index (χ4n) is 3.29. The number of nitrogens with zero attached hydrogens (tertiary/aromatic N) is 3. The Kier molecular flexibility index (Phi) is 4.88. The average molecular weight is 385 g/mol. The van der Waals surface area contributed by atoms with Crippen molar-refractivity contribution in [3.63, 3.8) is 0 Å². The van der Waals surface area contributed by atoms with E-state index in [1.54, 1.807) is 18.2 Å². The van der Waals surface area contributed by atoms with Gasteiger partial charge in [0.2, 0.25) is 5.89 Å². The number of allylic oxidation sites excluding steroid dienone is 1. The molecule has 0 fully saturated rings. The molecule has 0 spiro atoms. The summed E-state index contributed by atoms with van der Waals surface area (Å²) in [5.41, 5.74) is 2.66. The molecule has 2 aromatic heterocycles. The highest BCUT2D eigenvalue weighted by Gasteiger charge is 2.13. The summed E-state index contributed by atoms with van der Waals surface area (Å²) in [6, 6.07) is 16.8. The van der Waals surface area contributed by atoms with E-state index < -0.39 is 5.63 Å². The maximum absolute atomic E-state index is 12.5. The monoisotopic (exact) mass is 385 g/mol. The largest absolute Gasteiger partial charge is 0.435 e. The van der Waals surface area contributed by atoms with E-state index in [2.05, 4.69) is 29.8 Å². The Balaban J connectivity index is 1.78. The molecule has 0 amide bonds. The maximum Gasteiger partial charge on any atom is 0.343 e. The van der Waals surface area contributed by atoms with Crippen LogP contribution in [0.2, 0.25) is 0 Å². The van der Waals surface area contributed by atoms with Crippen LogP contribution in [0.5, 0.6) is 0 Å². The number of rotatable bonds is 5. The van der Waals surface area contributed by atoms with E-state index in [1.165, 1.54) is 6.08 Å². The summed E-state index contributed by atoms with van der Waals surface area (Å²) in [4.78, 5) is 19.0. The van der Waals surface area contributed by atoms with Crippen molar-refractivity contribution in [1.82, 2.24) is 4.98 Å². The van der Waals surface area contributed by atoms with E-state index in [0.717, 1.165) is 24.2 Å². The van der Waals surface area contributed by atoms with Gasteiger partial charge in [0.25, 0.3) is 0 Å². The van der Waals surface area contributed by atoms with Crippen LogP contribution in [0.1, 0.15) is 25.3 Å². The van der Waals surface area contributed by atoms with Gasteiger partial charge in [0.15, 0.2) is 5.58 Å². The van der Waals surface area contributed by atoms with Crippen LogP contribution < -0.4 is 10.5 Å². The van der Waals surface area contributed by atoms with Gasteiger partial charge in [-0.2, -0.15) is 5.26 Å². The maximum atomic E-state index is 12.5. The molecule has 6 nitrogen and oxygen atoms in total. The zero-order chi connectivity index (χ0) is 20.4. The first-order chi connectivity index (χ1) is 14.1. The van der Waals surface area contributed by atoms with Crippen molar-refractivity contribution < 1.29 is 8.83 Å². The van der Waals surface area contributed by atoms with Gasteiger partial charge in [-0.1, -0.05) is 12.1 Å². The lowest BCUT2D eigenvalue weighted by molar-refractivity contribution is 0.559. The summed E-state index contributed by atoms with van der Waals surface area (Å²) in [5, 5.41) is 10.3. The van der Waals surface area contributed by atoms with Crippen molar-refractivity contribution in [3.05, 3.63) is 70.4 Å². The Hall–Kier alpha value is -3.85. The van der Waals surface area contributed by atoms with Crippen LogP contribution in [0.3, 0.4) is 0 Å². The summed E-state index contributed by atoms with van der Waals surface area (Å²) in [6.07, 6.45) is 1.45. The molecule has 2 heterocycles. The van der Waals surface area contributed by atoms with Crippen LogP contribution in [0, 0.1) is 11.3 Å². The molecule has 0 unspecified atom stereocenters. The van der Waals surface area contributed by atoms with Crippen molar-refractivity contribution in [2.24, 2.45) is 0 Å². The quantitative estimate of drug-likeness (QED) is 0.361. The van der Waals surface area contributed by atoms with Crippen LogP contribution in [0.4, 0.5) is 5.69 Å². The lowest BCUT2D eigenvalue weighted by atomic mass is 10.1. The first-order valence-corrected chi connectivity index (χ1v) is 9.43. The van der Waals surface area contributed by atoms with Gasteiger partial charge in [-0.05, 0) is 50.3 Å². The highest BCUT2D eigenvalue weighted by Crippen LogP contribution is 2.25. The fraction of sp³-hybridized carbons (Fsp3) is 0.174. The SMILES string of the molecule is CCN(CC)c1ccc2cc(/C=C(\C#N)c3nc4ccccc4o3)c(=O)oc2c1. The molecular weight excluding hydrogens is 366 g/mol. The van der Waals surface area contributed by atoms with Gasteiger partial charge < -0.3 is 13.7 Å². The van der Waals surface area contributed by atoms with Gasteiger partial charge in [0.05, 0.1) is 5.56 Å². The number of anilines is 1. The van der Waals surface area contributed by atoms with Crippen LogP contribution in [0.25, 0.3) is 33.7 Å². The highest BCUT2D eigenvalue weighted by atomic mass is 16.4. The minimum Gasteiger partial charge on any atom is -0.435 e. The van der Waals surface area contributed by atoms with Crippen molar-refractivity contribution in [1.29, 1.82) is 5.26 Å². The number of hydrogen-bond acceptors (Lipinski definition) is 6. The molecule has 144 valence electrons. The molecule has 4 aromatic rings. The number of oxazole rings is 1. The zero-order valence-electron chi connectivity index (χ0n) is 16.2. The Labute approximate surface area is 167 Å². The summed E-state index contributed by atoms with van der Waals surface area (Å²) in [5.74, 6) is 0.171. The highest BCUT2D eigenvalue weighted by molar-refractivity contribution is 5.90. The molecule has 0 aliphatic carbocycles. The molecule has 0 saturated heterocycles. The fourth-order valence-corrected chi connectivity index (χ4v) is 3.29. The molecule has 4 rings (SSSR count). The van der Waals surface area contributed by atoms with E-state index in [4.69, 9.17) is 8.83 Å². The van der Waals surface area contributed by atoms with Crippen molar-refractivity contribution in [2.75, 3.05) is 18.0 Å². The number of nitriles is 1. The van der Waals surface area contributed by atoms with E-state index in [1.807, 2.05) is 30.3 Å². The molecule has 0 N–H and O–H groups in total. The Morgan fingerprint density at radius 1 is 1.10 bits per heavy atom. The van der Waals surface area contributed by atoms with Gasteiger partial charge in [-0.3, -0.25) is 0 Å². The number of hydrogen-bond donors (Lipinski definition) is 0. The topological polar surface area (TPSA) is 83.3 Å². The third-order valence-electron chi connectivity index (χ3n) is 4.82. The second-order valence-electron chi connectivity index (χ2n) is 6.54. The molecule has 0 radical (unpaired) electrons. The molecular formula is C23H19N3O3. The van der Waals surface area contributed by atoms with Crippen molar-refractivity contribution in [3.8, 4) is 6.07 Å². The van der Waals surface area contributed by atoms with Crippen LogP contribution in [0.15, 0.2) is 62.2 Å². The smallest absolute Gasteiger partial charge is 0.343 e.